The highest BCUT2D eigenvalue weighted by Crippen LogP contribution is 2.31. The second-order valence-corrected chi connectivity index (χ2v) is 7.34. The number of hydrogen-bond acceptors (Lipinski definition) is 4. The van der Waals surface area contributed by atoms with Gasteiger partial charge < -0.3 is 9.64 Å². The van der Waals surface area contributed by atoms with Crippen molar-refractivity contribution in [2.24, 2.45) is 5.41 Å². The summed E-state index contributed by atoms with van der Waals surface area (Å²) in [5.74, 6) is 0.124. The Kier molecular flexibility index (Phi) is 4.41. The summed E-state index contributed by atoms with van der Waals surface area (Å²) in [7, 11) is -2.99. The molecule has 5 nitrogen and oxygen atoms in total. The van der Waals surface area contributed by atoms with Crippen LogP contribution < -0.4 is 0 Å². The Bertz CT molecular complexity index is 371. The Morgan fingerprint density at radius 3 is 2.47 bits per heavy atom. The predicted octanol–water partition coefficient (Wildman–Crippen LogP) is 1.29. The SMILES string of the molecule is CCCCOC(=O)N1CC(C)(CS(C)(=O)=O)C1. The van der Waals surface area contributed by atoms with Gasteiger partial charge in [0.15, 0.2) is 0 Å². The lowest BCUT2D eigenvalue weighted by Crippen LogP contribution is -2.59. The maximum atomic E-state index is 11.5. The first-order valence-electron chi connectivity index (χ1n) is 5.85. The van der Waals surface area contributed by atoms with E-state index in [-0.39, 0.29) is 17.3 Å². The lowest BCUT2D eigenvalue weighted by molar-refractivity contribution is 0.0183. The first-order valence-corrected chi connectivity index (χ1v) is 7.91. The summed E-state index contributed by atoms with van der Waals surface area (Å²) in [6.45, 7) is 5.27. The Morgan fingerprint density at radius 2 is 2.00 bits per heavy atom. The number of rotatable bonds is 5. The Balaban J connectivity index is 2.33. The van der Waals surface area contributed by atoms with E-state index < -0.39 is 9.84 Å². The van der Waals surface area contributed by atoms with Gasteiger partial charge in [0.05, 0.1) is 12.4 Å². The number of unbranched alkanes of at least 4 members (excludes halogenated alkanes) is 1. The van der Waals surface area contributed by atoms with Crippen LogP contribution in [0.5, 0.6) is 0 Å². The van der Waals surface area contributed by atoms with E-state index in [1.54, 1.807) is 4.90 Å². The predicted molar refractivity (Wildman–Crippen MR) is 65.6 cm³/mol. The van der Waals surface area contributed by atoms with Crippen molar-refractivity contribution in [2.45, 2.75) is 26.7 Å². The number of nitrogens with zero attached hydrogens (tertiary/aromatic N) is 1. The van der Waals surface area contributed by atoms with E-state index in [9.17, 15) is 13.2 Å². The van der Waals surface area contributed by atoms with Gasteiger partial charge in [-0.3, -0.25) is 0 Å². The van der Waals surface area contributed by atoms with E-state index in [0.29, 0.717) is 19.7 Å². The van der Waals surface area contributed by atoms with Gasteiger partial charge in [-0.1, -0.05) is 20.3 Å². The van der Waals surface area contributed by atoms with Crippen LogP contribution in [0, 0.1) is 5.41 Å². The number of likely N-dealkylation sites (tertiary alicyclic amines) is 1. The maximum Gasteiger partial charge on any atom is 0.409 e. The molecule has 6 heteroatoms. The molecule has 0 N–H and O–H groups in total. The first-order chi connectivity index (χ1) is 7.76. The molecular weight excluding hydrogens is 242 g/mol. The van der Waals surface area contributed by atoms with Crippen molar-refractivity contribution in [3.05, 3.63) is 0 Å². The lowest BCUT2D eigenvalue weighted by Gasteiger charge is -2.46. The van der Waals surface area contributed by atoms with E-state index in [0.717, 1.165) is 12.8 Å². The van der Waals surface area contributed by atoms with E-state index in [2.05, 4.69) is 0 Å². The molecule has 0 bridgehead atoms. The molecule has 0 radical (unpaired) electrons. The Hall–Kier alpha value is -0.780. The van der Waals surface area contributed by atoms with Crippen molar-refractivity contribution in [3.8, 4) is 0 Å². The standard InChI is InChI=1S/C11H21NO4S/c1-4-5-6-16-10(13)12-7-11(2,8-12)9-17(3,14)15/h4-9H2,1-3H3. The van der Waals surface area contributed by atoms with Crippen LogP contribution in [0.3, 0.4) is 0 Å². The molecule has 1 aliphatic rings. The van der Waals surface area contributed by atoms with Crippen molar-refractivity contribution < 1.29 is 17.9 Å². The van der Waals surface area contributed by atoms with Gasteiger partial charge in [-0.15, -0.1) is 0 Å². The van der Waals surface area contributed by atoms with E-state index in [1.165, 1.54) is 6.26 Å². The van der Waals surface area contributed by atoms with Crippen LogP contribution in [0.4, 0.5) is 4.79 Å². The second-order valence-electron chi connectivity index (χ2n) is 5.20. The summed E-state index contributed by atoms with van der Waals surface area (Å²) < 4.78 is 27.4. The highest BCUT2D eigenvalue weighted by Gasteiger charge is 2.44. The van der Waals surface area contributed by atoms with Crippen molar-refractivity contribution >= 4 is 15.9 Å². The third kappa shape index (κ3) is 4.53. The number of hydrogen-bond donors (Lipinski definition) is 0. The average Bonchev–Trinajstić information content (AvgIpc) is 2.11. The van der Waals surface area contributed by atoms with Gasteiger partial charge in [-0.05, 0) is 6.42 Å². The molecule has 0 aliphatic carbocycles. The number of sulfone groups is 1. The minimum absolute atomic E-state index is 0.124. The van der Waals surface area contributed by atoms with Crippen molar-refractivity contribution in [1.29, 1.82) is 0 Å². The summed E-state index contributed by atoms with van der Waals surface area (Å²) in [6.07, 6.45) is 2.74. The van der Waals surface area contributed by atoms with Crippen LogP contribution in [0.15, 0.2) is 0 Å². The first kappa shape index (κ1) is 14.3. The van der Waals surface area contributed by atoms with Gasteiger partial charge in [0.1, 0.15) is 9.84 Å². The molecule has 17 heavy (non-hydrogen) atoms. The lowest BCUT2D eigenvalue weighted by atomic mass is 9.84. The molecule has 1 saturated heterocycles. The van der Waals surface area contributed by atoms with Gasteiger partial charge in [-0.25, -0.2) is 13.2 Å². The molecular formula is C11H21NO4S. The van der Waals surface area contributed by atoms with Crippen LogP contribution in [0.2, 0.25) is 0 Å². The van der Waals surface area contributed by atoms with Crippen molar-refractivity contribution in [1.82, 2.24) is 4.90 Å². The number of carbonyl (C=O) groups is 1. The summed E-state index contributed by atoms with van der Waals surface area (Å²) in [5.41, 5.74) is -0.308. The molecule has 0 unspecified atom stereocenters. The zero-order valence-corrected chi connectivity index (χ0v) is 11.5. The van der Waals surface area contributed by atoms with Gasteiger partial charge in [0, 0.05) is 24.8 Å². The van der Waals surface area contributed by atoms with E-state index in [1.807, 2.05) is 13.8 Å². The van der Waals surface area contributed by atoms with Crippen LogP contribution in [0.25, 0.3) is 0 Å². The van der Waals surface area contributed by atoms with Gasteiger partial charge in [0.25, 0.3) is 0 Å². The average molecular weight is 263 g/mol. The molecule has 1 heterocycles. The fourth-order valence-electron chi connectivity index (χ4n) is 2.12. The highest BCUT2D eigenvalue weighted by atomic mass is 32.2. The van der Waals surface area contributed by atoms with Gasteiger partial charge in [-0.2, -0.15) is 0 Å². The molecule has 1 fully saturated rings. The Morgan fingerprint density at radius 1 is 1.41 bits per heavy atom. The molecule has 0 aromatic heterocycles. The molecule has 1 amide bonds. The molecule has 0 aromatic carbocycles. The number of carbonyl (C=O) groups excluding carboxylic acids is 1. The molecule has 0 saturated carbocycles. The molecule has 0 spiro atoms. The minimum atomic E-state index is -2.99. The van der Waals surface area contributed by atoms with Crippen LogP contribution >= 0.6 is 0 Å². The number of ether oxygens (including phenoxy) is 1. The Labute approximate surface area is 103 Å². The summed E-state index contributed by atoms with van der Waals surface area (Å²) >= 11 is 0. The largest absolute Gasteiger partial charge is 0.449 e. The van der Waals surface area contributed by atoms with E-state index >= 15 is 0 Å². The summed E-state index contributed by atoms with van der Waals surface area (Å²) in [4.78, 5) is 13.1. The quantitative estimate of drug-likeness (QED) is 0.701. The second kappa shape index (κ2) is 5.25. The molecule has 0 aromatic rings. The van der Waals surface area contributed by atoms with Crippen LogP contribution in [-0.2, 0) is 14.6 Å². The van der Waals surface area contributed by atoms with E-state index in [4.69, 9.17) is 4.74 Å². The zero-order chi connectivity index (χ0) is 13.1. The summed E-state index contributed by atoms with van der Waals surface area (Å²) in [6, 6.07) is 0. The van der Waals surface area contributed by atoms with Crippen LogP contribution in [0.1, 0.15) is 26.7 Å². The molecule has 1 aliphatic heterocycles. The third-order valence-electron chi connectivity index (χ3n) is 2.74. The van der Waals surface area contributed by atoms with Gasteiger partial charge >= 0.3 is 6.09 Å². The van der Waals surface area contributed by atoms with Crippen LogP contribution in [-0.4, -0.2) is 51.1 Å². The fraction of sp³-hybridized carbons (Fsp3) is 0.909. The van der Waals surface area contributed by atoms with Crippen molar-refractivity contribution in [2.75, 3.05) is 31.7 Å². The third-order valence-corrected chi connectivity index (χ3v) is 3.96. The minimum Gasteiger partial charge on any atom is -0.449 e. The van der Waals surface area contributed by atoms with Crippen molar-refractivity contribution in [3.63, 3.8) is 0 Å². The normalized spacial score (nSPS) is 18.6. The molecule has 1 rings (SSSR count). The monoisotopic (exact) mass is 263 g/mol. The molecule has 0 atom stereocenters. The zero-order valence-electron chi connectivity index (χ0n) is 10.7. The maximum absolute atomic E-state index is 11.5. The topological polar surface area (TPSA) is 63.7 Å². The molecule has 100 valence electrons. The smallest absolute Gasteiger partial charge is 0.409 e. The number of amides is 1. The fourth-order valence-corrected chi connectivity index (χ4v) is 3.57. The summed E-state index contributed by atoms with van der Waals surface area (Å²) in [5, 5.41) is 0. The van der Waals surface area contributed by atoms with Gasteiger partial charge in [0.2, 0.25) is 0 Å². The highest BCUT2D eigenvalue weighted by molar-refractivity contribution is 7.90.